The minimum Gasteiger partial charge on any atom is -0.496 e. The van der Waals surface area contributed by atoms with Gasteiger partial charge >= 0.3 is 0 Å². The van der Waals surface area contributed by atoms with E-state index in [-0.39, 0.29) is 5.92 Å². The highest BCUT2D eigenvalue weighted by atomic mass is 16.5. The molecular formula is C32H40N2O2. The van der Waals surface area contributed by atoms with Crippen molar-refractivity contribution in [2.75, 3.05) is 20.2 Å². The number of piperidine rings is 3. The molecular weight excluding hydrogens is 444 g/mol. The van der Waals surface area contributed by atoms with E-state index in [1.54, 1.807) is 7.11 Å². The number of aliphatic hydroxyl groups excluding tert-OH is 1. The summed E-state index contributed by atoms with van der Waals surface area (Å²) in [5.74, 6) is 2.01. The van der Waals surface area contributed by atoms with Crippen molar-refractivity contribution in [3.05, 3.63) is 101 Å². The Labute approximate surface area is 216 Å². The van der Waals surface area contributed by atoms with Gasteiger partial charge in [-0.15, -0.1) is 0 Å². The molecule has 190 valence electrons. The highest BCUT2D eigenvalue weighted by Gasteiger charge is 2.46. The summed E-state index contributed by atoms with van der Waals surface area (Å²) in [6, 6.07) is 28.9. The minimum absolute atomic E-state index is 0.169. The van der Waals surface area contributed by atoms with Gasteiger partial charge in [-0.25, -0.2) is 0 Å². The monoisotopic (exact) mass is 484 g/mol. The lowest BCUT2D eigenvalue weighted by molar-refractivity contribution is 0.00461. The number of ether oxygens (including phenoxy) is 1. The molecule has 0 amide bonds. The van der Waals surface area contributed by atoms with E-state index in [2.05, 4.69) is 90.8 Å². The molecule has 6 rings (SSSR count). The van der Waals surface area contributed by atoms with E-state index in [1.807, 2.05) is 12.1 Å². The van der Waals surface area contributed by atoms with Gasteiger partial charge in [0, 0.05) is 30.1 Å². The van der Waals surface area contributed by atoms with Crippen molar-refractivity contribution in [3.63, 3.8) is 0 Å². The van der Waals surface area contributed by atoms with Crippen molar-refractivity contribution >= 4 is 0 Å². The molecule has 4 heteroatoms. The van der Waals surface area contributed by atoms with Crippen LogP contribution in [0.4, 0.5) is 0 Å². The largest absolute Gasteiger partial charge is 0.496 e. The summed E-state index contributed by atoms with van der Waals surface area (Å²) in [5.41, 5.74) is 4.83. The number of aliphatic hydroxyl groups is 1. The summed E-state index contributed by atoms with van der Waals surface area (Å²) in [4.78, 5) is 2.72. The van der Waals surface area contributed by atoms with E-state index in [9.17, 15) is 5.11 Å². The molecule has 3 heterocycles. The molecule has 3 saturated heterocycles. The highest BCUT2D eigenvalue weighted by molar-refractivity contribution is 5.39. The average molecular weight is 485 g/mol. The SMILES string of the molecule is COc1ccc(C(O)C(C)C)cc1CNC1C2CCN(CC2)C1C(c1ccccc1)c1ccccc1. The maximum absolute atomic E-state index is 10.7. The van der Waals surface area contributed by atoms with Crippen LogP contribution in [0.15, 0.2) is 78.9 Å². The zero-order valence-corrected chi connectivity index (χ0v) is 21.8. The van der Waals surface area contributed by atoms with Gasteiger partial charge < -0.3 is 15.2 Å². The molecule has 2 bridgehead atoms. The lowest BCUT2D eigenvalue weighted by atomic mass is 9.70. The van der Waals surface area contributed by atoms with Crippen molar-refractivity contribution in [1.29, 1.82) is 0 Å². The summed E-state index contributed by atoms with van der Waals surface area (Å²) < 4.78 is 5.72. The normalized spacial score (nSPS) is 24.3. The third-order valence-electron chi connectivity index (χ3n) is 8.34. The first-order chi connectivity index (χ1) is 17.6. The lowest BCUT2D eigenvalue weighted by Gasteiger charge is -2.54. The van der Waals surface area contributed by atoms with Gasteiger partial charge in [-0.1, -0.05) is 80.6 Å². The van der Waals surface area contributed by atoms with Crippen LogP contribution in [-0.4, -0.2) is 42.3 Å². The molecule has 0 spiro atoms. The summed E-state index contributed by atoms with van der Waals surface area (Å²) in [6.07, 6.45) is 2.02. The summed E-state index contributed by atoms with van der Waals surface area (Å²) >= 11 is 0. The number of rotatable bonds is 9. The first kappa shape index (κ1) is 25.0. The second kappa shape index (κ2) is 11.2. The Morgan fingerprint density at radius 1 is 0.889 bits per heavy atom. The van der Waals surface area contributed by atoms with Gasteiger partial charge in [0.15, 0.2) is 0 Å². The van der Waals surface area contributed by atoms with E-state index in [0.29, 0.717) is 23.9 Å². The number of hydrogen-bond acceptors (Lipinski definition) is 4. The van der Waals surface area contributed by atoms with Crippen LogP contribution in [0.25, 0.3) is 0 Å². The molecule has 3 aliphatic heterocycles. The van der Waals surface area contributed by atoms with E-state index in [1.165, 1.54) is 37.1 Å². The zero-order chi connectivity index (χ0) is 25.1. The Kier molecular flexibility index (Phi) is 7.76. The predicted molar refractivity (Wildman–Crippen MR) is 146 cm³/mol. The van der Waals surface area contributed by atoms with E-state index in [4.69, 9.17) is 4.74 Å². The van der Waals surface area contributed by atoms with Gasteiger partial charge in [-0.3, -0.25) is 4.90 Å². The fourth-order valence-electron chi connectivity index (χ4n) is 6.43. The number of nitrogens with one attached hydrogen (secondary N) is 1. The van der Waals surface area contributed by atoms with Crippen LogP contribution in [0.3, 0.4) is 0 Å². The number of nitrogens with zero attached hydrogens (tertiary/aromatic N) is 1. The molecule has 3 aromatic rings. The number of fused-ring (bicyclic) bond motifs is 3. The van der Waals surface area contributed by atoms with Crippen LogP contribution in [0.1, 0.15) is 61.0 Å². The van der Waals surface area contributed by atoms with Crippen LogP contribution in [0, 0.1) is 11.8 Å². The molecule has 36 heavy (non-hydrogen) atoms. The first-order valence-corrected chi connectivity index (χ1v) is 13.5. The van der Waals surface area contributed by atoms with E-state index in [0.717, 1.165) is 23.4 Å². The Bertz CT molecular complexity index is 1070. The molecule has 0 aliphatic carbocycles. The van der Waals surface area contributed by atoms with E-state index >= 15 is 0 Å². The van der Waals surface area contributed by atoms with Crippen LogP contribution < -0.4 is 10.1 Å². The topological polar surface area (TPSA) is 44.7 Å². The predicted octanol–water partition coefficient (Wildman–Crippen LogP) is 5.77. The number of hydrogen-bond donors (Lipinski definition) is 2. The Balaban J connectivity index is 1.47. The van der Waals surface area contributed by atoms with Crippen LogP contribution in [-0.2, 0) is 6.54 Å². The smallest absolute Gasteiger partial charge is 0.123 e. The lowest BCUT2D eigenvalue weighted by Crippen LogP contribution is -2.64. The quantitative estimate of drug-likeness (QED) is 0.405. The van der Waals surface area contributed by atoms with Gasteiger partial charge in [0.25, 0.3) is 0 Å². The Morgan fingerprint density at radius 2 is 1.50 bits per heavy atom. The first-order valence-electron chi connectivity index (χ1n) is 13.5. The molecule has 3 aliphatic rings. The molecule has 3 aromatic carbocycles. The molecule has 3 fully saturated rings. The van der Waals surface area contributed by atoms with Crippen molar-refractivity contribution in [3.8, 4) is 5.75 Å². The fraction of sp³-hybridized carbons (Fsp3) is 0.438. The third-order valence-corrected chi connectivity index (χ3v) is 8.34. The van der Waals surface area contributed by atoms with Gasteiger partial charge in [0.2, 0.25) is 0 Å². The molecule has 0 aromatic heterocycles. The Morgan fingerprint density at radius 3 is 2.06 bits per heavy atom. The van der Waals surface area contributed by atoms with Gasteiger partial charge in [-0.05, 0) is 66.6 Å². The summed E-state index contributed by atoms with van der Waals surface area (Å²) in [6.45, 7) is 7.17. The zero-order valence-electron chi connectivity index (χ0n) is 21.8. The second-order valence-electron chi connectivity index (χ2n) is 10.8. The standard InChI is InChI=1S/C32H40N2O2/c1-22(2)32(35)26-14-15-28(36-3)27(20-26)21-33-30-25-16-18-34(19-17-25)31(30)29(23-10-6-4-7-11-23)24-12-8-5-9-13-24/h4-15,20,22,25,29-33,35H,16-19,21H2,1-3H3. The molecule has 0 saturated carbocycles. The average Bonchev–Trinajstić information content (AvgIpc) is 2.93. The summed E-state index contributed by atoms with van der Waals surface area (Å²) in [7, 11) is 1.73. The van der Waals surface area contributed by atoms with Crippen LogP contribution >= 0.6 is 0 Å². The molecule has 0 radical (unpaired) electrons. The molecule has 3 unspecified atom stereocenters. The van der Waals surface area contributed by atoms with Crippen molar-refractivity contribution in [2.45, 2.75) is 57.3 Å². The highest BCUT2D eigenvalue weighted by Crippen LogP contribution is 2.42. The van der Waals surface area contributed by atoms with Crippen molar-refractivity contribution in [1.82, 2.24) is 10.2 Å². The van der Waals surface area contributed by atoms with Crippen LogP contribution in [0.5, 0.6) is 5.75 Å². The number of benzene rings is 3. The maximum Gasteiger partial charge on any atom is 0.123 e. The van der Waals surface area contributed by atoms with Gasteiger partial charge in [-0.2, -0.15) is 0 Å². The number of methoxy groups -OCH3 is 1. The van der Waals surface area contributed by atoms with Crippen molar-refractivity contribution in [2.24, 2.45) is 11.8 Å². The van der Waals surface area contributed by atoms with Gasteiger partial charge in [0.1, 0.15) is 5.75 Å². The Hall–Kier alpha value is -2.66. The maximum atomic E-state index is 10.7. The summed E-state index contributed by atoms with van der Waals surface area (Å²) in [5, 5.41) is 14.7. The molecule has 3 atom stereocenters. The van der Waals surface area contributed by atoms with Crippen LogP contribution in [0.2, 0.25) is 0 Å². The molecule has 2 N–H and O–H groups in total. The van der Waals surface area contributed by atoms with E-state index < -0.39 is 6.10 Å². The minimum atomic E-state index is -0.472. The van der Waals surface area contributed by atoms with Crippen molar-refractivity contribution < 1.29 is 9.84 Å². The fourth-order valence-corrected chi connectivity index (χ4v) is 6.43. The second-order valence-corrected chi connectivity index (χ2v) is 10.8. The molecule has 4 nitrogen and oxygen atoms in total. The van der Waals surface area contributed by atoms with Gasteiger partial charge in [0.05, 0.1) is 13.2 Å². The third kappa shape index (κ3) is 5.08.